The molecule has 2 aromatic rings. The van der Waals surface area contributed by atoms with E-state index in [1.165, 1.54) is 26.2 Å². The van der Waals surface area contributed by atoms with E-state index in [2.05, 4.69) is 20.6 Å². The largest absolute Gasteiger partial charge is 0.497 e. The van der Waals surface area contributed by atoms with Gasteiger partial charge in [0.1, 0.15) is 35.6 Å². The summed E-state index contributed by atoms with van der Waals surface area (Å²) < 4.78 is 105. The summed E-state index contributed by atoms with van der Waals surface area (Å²) in [6.45, 7) is 7.62. The fraction of sp³-hybridized carbons (Fsp3) is 0.700. The van der Waals surface area contributed by atoms with Gasteiger partial charge in [-0.15, -0.1) is 0 Å². The van der Waals surface area contributed by atoms with Crippen molar-refractivity contribution < 1.29 is 59.4 Å². The minimum Gasteiger partial charge on any atom is -0.497 e. The molecular weight excluding hydrogens is 817 g/mol. The summed E-state index contributed by atoms with van der Waals surface area (Å²) in [5.41, 5.74) is -3.83. The first kappa shape index (κ1) is 43.6. The van der Waals surface area contributed by atoms with Crippen LogP contribution in [0.5, 0.6) is 11.6 Å². The number of ether oxygens (including phenoxy) is 3. The summed E-state index contributed by atoms with van der Waals surface area (Å²) in [5, 5.41) is 5.06. The first-order valence-electron chi connectivity index (χ1n) is 20.4. The molecule has 1 aromatic carbocycles. The molecule has 4 amide bonds. The molecule has 3 aliphatic carbocycles. The normalized spacial score (nSPS) is 31.3. The van der Waals surface area contributed by atoms with E-state index in [1.807, 2.05) is 4.72 Å². The molecule has 15 nitrogen and oxygen atoms in total. The Labute approximate surface area is 345 Å². The lowest BCUT2D eigenvalue weighted by atomic mass is 9.85. The third-order valence-corrected chi connectivity index (χ3v) is 14.9. The molecule has 2 bridgehead atoms. The highest BCUT2D eigenvalue weighted by Gasteiger charge is 2.68. The number of methoxy groups -OCH3 is 1. The van der Waals surface area contributed by atoms with Crippen molar-refractivity contribution in [2.75, 3.05) is 13.7 Å². The van der Waals surface area contributed by atoms with Crippen molar-refractivity contribution in [2.45, 2.75) is 139 Å². The number of rotatable bonds is 8. The lowest BCUT2D eigenvalue weighted by Gasteiger charge is -2.36. The van der Waals surface area contributed by atoms with Crippen molar-refractivity contribution in [3.8, 4) is 11.6 Å². The Hall–Kier alpha value is -4.49. The lowest BCUT2D eigenvalue weighted by Crippen LogP contribution is -2.61. The number of nitrogens with zero attached hydrogens (tertiary/aromatic N) is 3. The standard InChI is InChI=1S/C40H52F4N6O9S/c1-7-22-27-19-50(28(22)32(51)48-39(18-23(39)31(41)42)35(53)49-60(55,56)38(5)14-15-38)34(52)30(37(2,3)4)47-36(54)59-26-16-20(26)10-8-9-13-40(43,44)29-33(58-27)46-25-17-21(57-6)11-12-24(25)45-29/h11-12,17,20,22-23,26-28,30-31H,7-10,13-16,18-19H2,1-6H3,(H,47,54)(H,48,51)(H,49,53)/t20?,22-,23+,26-,27+,28+,30-,39-/m1/s1. The summed E-state index contributed by atoms with van der Waals surface area (Å²) in [4.78, 5) is 66.3. The van der Waals surface area contributed by atoms with E-state index in [0.717, 1.165) is 4.90 Å². The first-order valence-corrected chi connectivity index (χ1v) is 21.9. The van der Waals surface area contributed by atoms with Gasteiger partial charge < -0.3 is 29.7 Å². The smallest absolute Gasteiger partial charge is 0.408 e. The number of amides is 4. The second-order valence-electron chi connectivity index (χ2n) is 18.2. The molecule has 0 spiro atoms. The molecule has 4 fully saturated rings. The first-order chi connectivity index (χ1) is 28.0. The molecule has 3 saturated carbocycles. The lowest BCUT2D eigenvalue weighted by molar-refractivity contribution is -0.144. The maximum atomic E-state index is 16.3. The van der Waals surface area contributed by atoms with Gasteiger partial charge >= 0.3 is 6.09 Å². The van der Waals surface area contributed by atoms with Crippen LogP contribution in [0.2, 0.25) is 0 Å². The van der Waals surface area contributed by atoms with Crippen LogP contribution in [0.25, 0.3) is 11.0 Å². The highest BCUT2D eigenvalue weighted by atomic mass is 32.2. The number of alkyl carbamates (subject to hydrolysis) is 1. The van der Waals surface area contributed by atoms with Gasteiger partial charge in [0, 0.05) is 18.4 Å². The molecule has 7 rings (SSSR count). The van der Waals surface area contributed by atoms with Crippen LogP contribution < -0.4 is 24.8 Å². The highest BCUT2D eigenvalue weighted by molar-refractivity contribution is 7.91. The van der Waals surface area contributed by atoms with Gasteiger partial charge in [0.05, 0.1) is 35.4 Å². The predicted molar refractivity (Wildman–Crippen MR) is 207 cm³/mol. The van der Waals surface area contributed by atoms with Crippen LogP contribution in [0.15, 0.2) is 18.2 Å². The van der Waals surface area contributed by atoms with Crippen molar-refractivity contribution in [3.63, 3.8) is 0 Å². The summed E-state index contributed by atoms with van der Waals surface area (Å²) in [5.74, 6) is -9.85. The Kier molecular flexibility index (Phi) is 11.2. The molecule has 3 N–H and O–H groups in total. The zero-order valence-electron chi connectivity index (χ0n) is 34.4. The van der Waals surface area contributed by atoms with Crippen LogP contribution in [0.4, 0.5) is 22.4 Å². The van der Waals surface area contributed by atoms with Crippen LogP contribution in [0.3, 0.4) is 0 Å². The highest BCUT2D eigenvalue weighted by Crippen LogP contribution is 2.50. The molecule has 1 aromatic heterocycles. The Bertz CT molecular complexity index is 2170. The maximum absolute atomic E-state index is 16.3. The maximum Gasteiger partial charge on any atom is 0.408 e. The average Bonchev–Trinajstić information content (AvgIpc) is 4.12. The molecule has 8 atom stereocenters. The van der Waals surface area contributed by atoms with E-state index in [9.17, 15) is 36.4 Å². The fourth-order valence-corrected chi connectivity index (χ4v) is 9.74. The molecule has 1 saturated heterocycles. The van der Waals surface area contributed by atoms with Crippen molar-refractivity contribution >= 4 is 44.9 Å². The van der Waals surface area contributed by atoms with Gasteiger partial charge in [-0.25, -0.2) is 32.0 Å². The van der Waals surface area contributed by atoms with Gasteiger partial charge in [0.25, 0.3) is 11.8 Å². The second kappa shape index (κ2) is 15.4. The van der Waals surface area contributed by atoms with Crippen LogP contribution in [0.1, 0.15) is 98.1 Å². The monoisotopic (exact) mass is 868 g/mol. The molecule has 5 aliphatic rings. The van der Waals surface area contributed by atoms with Crippen molar-refractivity contribution in [1.29, 1.82) is 0 Å². The molecule has 0 radical (unpaired) electrons. The van der Waals surface area contributed by atoms with Crippen molar-refractivity contribution in [3.05, 3.63) is 23.9 Å². The molecule has 1 unspecified atom stereocenters. The predicted octanol–water partition coefficient (Wildman–Crippen LogP) is 4.96. The van der Waals surface area contributed by atoms with E-state index in [-0.39, 0.29) is 42.6 Å². The number of hydrogen-bond acceptors (Lipinski definition) is 11. The third-order valence-electron chi connectivity index (χ3n) is 12.8. The van der Waals surface area contributed by atoms with Gasteiger partial charge in [0.15, 0.2) is 5.69 Å². The number of nitrogens with one attached hydrogen (secondary N) is 3. The SMILES string of the molecule is CC[C@@H]1[C@@H]2CN(C(=O)[C@H](C(C)(C)C)NC(=O)O[C@@H]3CC3CCCCC(F)(F)c3nc4ccc(OC)cc4nc3O2)[C@@H]1C(=O)N[C@]1(C(=O)NS(=O)(=O)C2(C)CC2)C[C@H]1C(F)F. The second-order valence-corrected chi connectivity index (χ2v) is 20.4. The van der Waals surface area contributed by atoms with Gasteiger partial charge in [-0.3, -0.25) is 19.1 Å². The third kappa shape index (κ3) is 8.28. The van der Waals surface area contributed by atoms with Gasteiger partial charge in [-0.05, 0) is 75.3 Å². The minimum atomic E-state index is -4.31. The molecular formula is C40H52F4N6O9S. The Morgan fingerprint density at radius 3 is 2.40 bits per heavy atom. The number of carbonyl (C=O) groups excluding carboxylic acids is 4. The Balaban J connectivity index is 1.30. The Morgan fingerprint density at radius 1 is 1.07 bits per heavy atom. The minimum absolute atomic E-state index is 0.0516. The number of benzene rings is 1. The number of alkyl halides is 4. The van der Waals surface area contributed by atoms with Crippen LogP contribution in [-0.2, 0) is 35.1 Å². The molecule has 3 heterocycles. The molecule has 20 heteroatoms. The van der Waals surface area contributed by atoms with E-state index in [1.54, 1.807) is 33.8 Å². The summed E-state index contributed by atoms with van der Waals surface area (Å²) >= 11 is 0. The number of sulfonamides is 1. The van der Waals surface area contributed by atoms with Gasteiger partial charge in [-0.2, -0.15) is 8.78 Å². The van der Waals surface area contributed by atoms with Crippen molar-refractivity contribution in [2.24, 2.45) is 23.2 Å². The van der Waals surface area contributed by atoms with Crippen molar-refractivity contribution in [1.82, 2.24) is 30.2 Å². The van der Waals surface area contributed by atoms with Crippen LogP contribution >= 0.6 is 0 Å². The number of aromatic nitrogens is 2. The zero-order chi connectivity index (χ0) is 43.7. The van der Waals surface area contributed by atoms with Gasteiger partial charge in [-0.1, -0.05) is 34.1 Å². The summed E-state index contributed by atoms with van der Waals surface area (Å²) in [7, 11) is -2.89. The van der Waals surface area contributed by atoms with Crippen LogP contribution in [0, 0.1) is 23.2 Å². The molecule has 60 heavy (non-hydrogen) atoms. The number of fused-ring (bicyclic) bond motifs is 5. The number of halogens is 4. The Morgan fingerprint density at radius 2 is 1.78 bits per heavy atom. The van der Waals surface area contributed by atoms with E-state index in [0.29, 0.717) is 25.0 Å². The topological polar surface area (TPSA) is 195 Å². The van der Waals surface area contributed by atoms with Gasteiger partial charge in [0.2, 0.25) is 34.1 Å². The quantitative estimate of drug-likeness (QED) is 0.304. The molecule has 2 aliphatic heterocycles. The summed E-state index contributed by atoms with van der Waals surface area (Å²) in [6.07, 6.45) is -4.91. The number of carbonyl (C=O) groups is 4. The fourth-order valence-electron chi connectivity index (χ4n) is 8.43. The van der Waals surface area contributed by atoms with E-state index < -0.39 is 129 Å². The zero-order valence-corrected chi connectivity index (χ0v) is 35.2. The number of hydrogen-bond donors (Lipinski definition) is 3. The summed E-state index contributed by atoms with van der Waals surface area (Å²) in [6, 6.07) is 1.59. The average molecular weight is 869 g/mol. The molecule has 330 valence electrons. The van der Waals surface area contributed by atoms with E-state index >= 15 is 8.78 Å². The van der Waals surface area contributed by atoms with E-state index in [4.69, 9.17) is 14.2 Å². The van der Waals surface area contributed by atoms with Crippen LogP contribution in [-0.4, -0.2) is 102 Å².